The zero-order valence-corrected chi connectivity index (χ0v) is 11.2. The molecule has 3 heteroatoms. The Labute approximate surface area is 109 Å². The molecule has 1 aromatic rings. The Morgan fingerprint density at radius 2 is 2.22 bits per heavy atom. The van der Waals surface area contributed by atoms with Gasteiger partial charge < -0.3 is 10.2 Å². The van der Waals surface area contributed by atoms with E-state index in [9.17, 15) is 4.79 Å². The molecule has 1 amide bonds. The summed E-state index contributed by atoms with van der Waals surface area (Å²) in [5.74, 6) is 0.494. The van der Waals surface area contributed by atoms with Crippen LogP contribution in [0.3, 0.4) is 0 Å². The van der Waals surface area contributed by atoms with E-state index in [1.807, 2.05) is 17.0 Å². The van der Waals surface area contributed by atoms with E-state index in [2.05, 4.69) is 31.3 Å². The van der Waals surface area contributed by atoms with Crippen LogP contribution in [0.5, 0.6) is 0 Å². The van der Waals surface area contributed by atoms with Crippen LogP contribution in [0.15, 0.2) is 24.3 Å². The van der Waals surface area contributed by atoms with Gasteiger partial charge in [0.2, 0.25) is 6.41 Å². The highest BCUT2D eigenvalue weighted by Crippen LogP contribution is 2.26. The Morgan fingerprint density at radius 3 is 2.89 bits per heavy atom. The minimum absolute atomic E-state index is 0.316. The van der Waals surface area contributed by atoms with Crippen LogP contribution in [-0.4, -0.2) is 25.5 Å². The molecule has 98 valence electrons. The van der Waals surface area contributed by atoms with Gasteiger partial charge in [-0.3, -0.25) is 4.79 Å². The van der Waals surface area contributed by atoms with Crippen LogP contribution in [0, 0.1) is 5.92 Å². The predicted octanol–water partition coefficient (Wildman–Crippen LogP) is 2.21. The molecule has 1 fully saturated rings. The number of nitrogens with one attached hydrogen (secondary N) is 1. The number of piperidine rings is 1. The van der Waals surface area contributed by atoms with Crippen LogP contribution >= 0.6 is 0 Å². The van der Waals surface area contributed by atoms with Gasteiger partial charge in [-0.05, 0) is 43.5 Å². The topological polar surface area (TPSA) is 32.3 Å². The number of carbonyl (C=O) groups excluding carboxylic acids is 1. The van der Waals surface area contributed by atoms with Gasteiger partial charge >= 0.3 is 0 Å². The molecule has 0 saturated carbocycles. The molecule has 0 bridgehead atoms. The second-order valence-corrected chi connectivity index (χ2v) is 5.03. The minimum atomic E-state index is 0.316. The Morgan fingerprint density at radius 1 is 1.44 bits per heavy atom. The predicted molar refractivity (Wildman–Crippen MR) is 74.8 cm³/mol. The summed E-state index contributed by atoms with van der Waals surface area (Å²) in [5.41, 5.74) is 2.32. The zero-order chi connectivity index (χ0) is 13.0. The van der Waals surface area contributed by atoms with Crippen molar-refractivity contribution in [2.24, 2.45) is 5.92 Å². The number of benzene rings is 1. The van der Waals surface area contributed by atoms with Gasteiger partial charge in [0.15, 0.2) is 0 Å². The molecule has 1 N–H and O–H groups in total. The van der Waals surface area contributed by atoms with Crippen LogP contribution in [0.25, 0.3) is 0 Å². The van der Waals surface area contributed by atoms with E-state index in [-0.39, 0.29) is 0 Å². The first-order chi connectivity index (χ1) is 8.77. The fourth-order valence-corrected chi connectivity index (χ4v) is 2.79. The molecule has 0 spiro atoms. The largest absolute Gasteiger partial charge is 0.316 e. The van der Waals surface area contributed by atoms with E-state index in [1.165, 1.54) is 5.56 Å². The maximum atomic E-state index is 11.5. The monoisotopic (exact) mass is 246 g/mol. The molecule has 1 aromatic carbocycles. The average molecular weight is 246 g/mol. The first-order valence-electron chi connectivity index (χ1n) is 6.80. The number of nitrogens with zero attached hydrogens (tertiary/aromatic N) is 1. The summed E-state index contributed by atoms with van der Waals surface area (Å²) in [7, 11) is 0. The van der Waals surface area contributed by atoms with Gasteiger partial charge in [-0.1, -0.05) is 32.0 Å². The number of hydrogen-bond acceptors (Lipinski definition) is 2. The number of amides is 1. The maximum Gasteiger partial charge on any atom is 0.214 e. The van der Waals surface area contributed by atoms with E-state index in [4.69, 9.17) is 0 Å². The smallest absolute Gasteiger partial charge is 0.214 e. The summed E-state index contributed by atoms with van der Waals surface area (Å²) in [5, 5.41) is 3.38. The molecule has 18 heavy (non-hydrogen) atoms. The molecule has 0 radical (unpaired) electrons. The van der Waals surface area contributed by atoms with Gasteiger partial charge in [0, 0.05) is 11.7 Å². The Kier molecular flexibility index (Phi) is 4.37. The third kappa shape index (κ3) is 2.56. The molecule has 1 aliphatic rings. The van der Waals surface area contributed by atoms with Crippen molar-refractivity contribution >= 4 is 12.1 Å². The van der Waals surface area contributed by atoms with E-state index in [0.717, 1.165) is 38.0 Å². The standard InChI is InChI=1S/C15H22N2O/c1-3-13-6-4-5-7-15(13)17(11-18)14-8-9-16-10-12(14)2/h4-7,11-12,14,16H,3,8-10H2,1-2H3/t12-,14-/m1/s1. The number of carbonyl (C=O) groups is 1. The van der Waals surface area contributed by atoms with E-state index in [1.54, 1.807) is 0 Å². The number of hydrogen-bond donors (Lipinski definition) is 1. The van der Waals surface area contributed by atoms with Crippen LogP contribution in [-0.2, 0) is 11.2 Å². The Balaban J connectivity index is 2.29. The highest BCUT2D eigenvalue weighted by Gasteiger charge is 2.27. The molecule has 1 aliphatic heterocycles. The number of aryl methyl sites for hydroxylation is 1. The second kappa shape index (κ2) is 6.01. The fourth-order valence-electron chi connectivity index (χ4n) is 2.79. The van der Waals surface area contributed by atoms with Crippen LogP contribution in [0.1, 0.15) is 25.8 Å². The fraction of sp³-hybridized carbons (Fsp3) is 0.533. The number of para-hydroxylation sites is 1. The molecule has 1 saturated heterocycles. The molecule has 0 aliphatic carbocycles. The van der Waals surface area contributed by atoms with Gasteiger partial charge in [-0.2, -0.15) is 0 Å². The number of anilines is 1. The second-order valence-electron chi connectivity index (χ2n) is 5.03. The highest BCUT2D eigenvalue weighted by molar-refractivity contribution is 5.78. The van der Waals surface area contributed by atoms with Gasteiger partial charge in [-0.15, -0.1) is 0 Å². The normalized spacial score (nSPS) is 23.7. The van der Waals surface area contributed by atoms with Crippen molar-refractivity contribution < 1.29 is 4.79 Å². The van der Waals surface area contributed by atoms with Crippen LogP contribution in [0.4, 0.5) is 5.69 Å². The summed E-state index contributed by atoms with van der Waals surface area (Å²) >= 11 is 0. The lowest BCUT2D eigenvalue weighted by atomic mass is 9.93. The Bertz CT molecular complexity index is 405. The summed E-state index contributed by atoms with van der Waals surface area (Å²) in [6.07, 6.45) is 2.98. The lowest BCUT2D eigenvalue weighted by molar-refractivity contribution is -0.108. The SMILES string of the molecule is CCc1ccccc1N(C=O)[C@@H]1CCNC[C@H]1C. The third-order valence-corrected chi connectivity index (χ3v) is 3.86. The van der Waals surface area contributed by atoms with Crippen molar-refractivity contribution in [2.75, 3.05) is 18.0 Å². The van der Waals surface area contributed by atoms with E-state index >= 15 is 0 Å². The maximum absolute atomic E-state index is 11.5. The van der Waals surface area contributed by atoms with Crippen molar-refractivity contribution in [3.05, 3.63) is 29.8 Å². The number of rotatable bonds is 4. The molecule has 1 heterocycles. The van der Waals surface area contributed by atoms with Crippen molar-refractivity contribution in [1.29, 1.82) is 0 Å². The van der Waals surface area contributed by atoms with Gasteiger partial charge in [0.05, 0.1) is 0 Å². The van der Waals surface area contributed by atoms with Crippen molar-refractivity contribution in [3.63, 3.8) is 0 Å². The molecule has 3 nitrogen and oxygen atoms in total. The molecule has 2 atom stereocenters. The minimum Gasteiger partial charge on any atom is -0.316 e. The molecular weight excluding hydrogens is 224 g/mol. The molecule has 0 aromatic heterocycles. The molecule has 2 rings (SSSR count). The quantitative estimate of drug-likeness (QED) is 0.826. The van der Waals surface area contributed by atoms with Crippen molar-refractivity contribution in [3.8, 4) is 0 Å². The summed E-state index contributed by atoms with van der Waals surface area (Å²) in [4.78, 5) is 13.5. The third-order valence-electron chi connectivity index (χ3n) is 3.86. The first-order valence-corrected chi connectivity index (χ1v) is 6.80. The Hall–Kier alpha value is -1.35. The molecular formula is C15H22N2O. The van der Waals surface area contributed by atoms with Gasteiger partial charge in [0.1, 0.15) is 0 Å². The lowest BCUT2D eigenvalue weighted by Crippen LogP contribution is -2.48. The summed E-state index contributed by atoms with van der Waals surface area (Å²) in [6, 6.07) is 8.53. The van der Waals surface area contributed by atoms with Crippen LogP contribution < -0.4 is 10.2 Å². The van der Waals surface area contributed by atoms with E-state index in [0.29, 0.717) is 12.0 Å². The summed E-state index contributed by atoms with van der Waals surface area (Å²) in [6.45, 7) is 6.33. The highest BCUT2D eigenvalue weighted by atomic mass is 16.1. The van der Waals surface area contributed by atoms with Crippen LogP contribution in [0.2, 0.25) is 0 Å². The van der Waals surface area contributed by atoms with Crippen molar-refractivity contribution in [2.45, 2.75) is 32.7 Å². The van der Waals surface area contributed by atoms with Gasteiger partial charge in [0.25, 0.3) is 0 Å². The van der Waals surface area contributed by atoms with E-state index < -0.39 is 0 Å². The van der Waals surface area contributed by atoms with Crippen molar-refractivity contribution in [1.82, 2.24) is 5.32 Å². The lowest BCUT2D eigenvalue weighted by Gasteiger charge is -2.37. The average Bonchev–Trinajstić information content (AvgIpc) is 2.42. The van der Waals surface area contributed by atoms with Gasteiger partial charge in [-0.25, -0.2) is 0 Å². The summed E-state index contributed by atoms with van der Waals surface area (Å²) < 4.78 is 0. The molecule has 0 unspecified atom stereocenters. The first kappa shape index (κ1) is 13.1. The zero-order valence-electron chi connectivity index (χ0n) is 11.2.